The van der Waals surface area contributed by atoms with Crippen LogP contribution in [0, 0.1) is 0 Å². The number of carboxylic acids is 1. The van der Waals surface area contributed by atoms with Gasteiger partial charge in [-0.2, -0.15) is 0 Å². The van der Waals surface area contributed by atoms with Gasteiger partial charge in [0.2, 0.25) is 0 Å². The summed E-state index contributed by atoms with van der Waals surface area (Å²) >= 11 is 6.44. The van der Waals surface area contributed by atoms with Crippen LogP contribution in [0.1, 0.15) is 39.6 Å². The van der Waals surface area contributed by atoms with Crippen molar-refractivity contribution in [3.8, 4) is 22.9 Å². The van der Waals surface area contributed by atoms with Crippen LogP contribution in [0.4, 0.5) is 0 Å². The van der Waals surface area contributed by atoms with Crippen molar-refractivity contribution < 1.29 is 24.9 Å². The lowest BCUT2D eigenvalue weighted by molar-refractivity contribution is 0.0683. The number of aromatic amines is 1. The maximum Gasteiger partial charge on any atom is 0.352 e. The van der Waals surface area contributed by atoms with Crippen LogP contribution < -0.4 is 0 Å². The smallest absolute Gasteiger partial charge is 0.352 e. The van der Waals surface area contributed by atoms with Crippen LogP contribution in [-0.2, 0) is 17.7 Å². The molecular formula is C21H21ClN2O5. The number of halogens is 1. The van der Waals surface area contributed by atoms with E-state index in [1.165, 1.54) is 0 Å². The van der Waals surface area contributed by atoms with Crippen LogP contribution in [0.2, 0.25) is 5.02 Å². The highest BCUT2D eigenvalue weighted by Crippen LogP contribution is 2.52. The average Bonchev–Trinajstić information content (AvgIpc) is 3.19. The van der Waals surface area contributed by atoms with Crippen LogP contribution >= 0.6 is 11.6 Å². The summed E-state index contributed by atoms with van der Waals surface area (Å²) in [5.41, 5.74) is 3.27. The second kappa shape index (κ2) is 7.50. The molecule has 152 valence electrons. The number of benzene rings is 1. The van der Waals surface area contributed by atoms with E-state index in [9.17, 15) is 20.1 Å². The molecule has 4 rings (SSSR count). The minimum absolute atomic E-state index is 0.136. The number of carbonyl (C=O) groups is 1. The van der Waals surface area contributed by atoms with Crippen molar-refractivity contribution in [2.24, 2.45) is 0 Å². The summed E-state index contributed by atoms with van der Waals surface area (Å²) in [7, 11) is 1.60. The molecule has 2 heterocycles. The molecule has 1 aromatic carbocycles. The fourth-order valence-electron chi connectivity index (χ4n) is 4.24. The summed E-state index contributed by atoms with van der Waals surface area (Å²) in [6.45, 7) is 0.966. The third kappa shape index (κ3) is 3.16. The van der Waals surface area contributed by atoms with Gasteiger partial charge in [-0.25, -0.2) is 4.79 Å². The van der Waals surface area contributed by atoms with Gasteiger partial charge in [0.1, 0.15) is 5.69 Å². The fraction of sp³-hybridized carbons (Fsp3) is 0.286. The first-order valence-electron chi connectivity index (χ1n) is 9.27. The third-order valence-electron chi connectivity index (χ3n) is 5.45. The molecule has 2 aromatic heterocycles. The summed E-state index contributed by atoms with van der Waals surface area (Å²) in [6, 6.07) is 8.89. The number of aromatic hydroxyl groups is 2. The third-order valence-corrected chi connectivity index (χ3v) is 5.80. The molecule has 1 aliphatic rings. The van der Waals surface area contributed by atoms with Crippen LogP contribution in [0.15, 0.2) is 30.3 Å². The monoisotopic (exact) mass is 416 g/mol. The molecule has 0 bridgehead atoms. The normalized spacial score (nSPS) is 15.2. The number of nitrogens with one attached hydrogen (secondary N) is 1. The van der Waals surface area contributed by atoms with Crippen molar-refractivity contribution in [1.82, 2.24) is 9.55 Å². The molecule has 3 aromatic rings. The summed E-state index contributed by atoms with van der Waals surface area (Å²) in [5.74, 6) is -1.72. The lowest BCUT2D eigenvalue weighted by Gasteiger charge is -2.26. The molecule has 29 heavy (non-hydrogen) atoms. The Labute approximate surface area is 172 Å². The average molecular weight is 417 g/mol. The van der Waals surface area contributed by atoms with Gasteiger partial charge < -0.3 is 24.6 Å². The second-order valence-electron chi connectivity index (χ2n) is 7.08. The lowest BCUT2D eigenvalue weighted by Crippen LogP contribution is -2.18. The van der Waals surface area contributed by atoms with Gasteiger partial charge in [0.25, 0.3) is 0 Å². The Kier molecular flexibility index (Phi) is 5.02. The van der Waals surface area contributed by atoms with Gasteiger partial charge >= 0.3 is 5.97 Å². The molecule has 1 atom stereocenters. The molecule has 7 nitrogen and oxygen atoms in total. The number of H-pyrrole nitrogens is 1. The Morgan fingerprint density at radius 1 is 1.31 bits per heavy atom. The van der Waals surface area contributed by atoms with E-state index in [2.05, 4.69) is 4.98 Å². The summed E-state index contributed by atoms with van der Waals surface area (Å²) in [6.07, 6.45) is 1.09. The van der Waals surface area contributed by atoms with Gasteiger partial charge in [0, 0.05) is 48.0 Å². The van der Waals surface area contributed by atoms with Gasteiger partial charge in [-0.3, -0.25) is 4.98 Å². The summed E-state index contributed by atoms with van der Waals surface area (Å²) < 4.78 is 6.87. The van der Waals surface area contributed by atoms with E-state index < -0.39 is 5.97 Å². The largest absolute Gasteiger partial charge is 0.494 e. The first-order chi connectivity index (χ1) is 13.9. The zero-order chi connectivity index (χ0) is 20.7. The SMILES string of the molecule is COCCCn1c(C(=O)O)cc2c1CC(c1ccccc1Cl)c1c(O)[nH]c(O)c1-2. The zero-order valence-electron chi connectivity index (χ0n) is 15.8. The number of rotatable bonds is 6. The van der Waals surface area contributed by atoms with E-state index in [1.807, 2.05) is 18.2 Å². The molecule has 8 heteroatoms. The fourth-order valence-corrected chi connectivity index (χ4v) is 4.51. The van der Waals surface area contributed by atoms with Gasteiger partial charge in [0.05, 0.1) is 5.56 Å². The molecule has 0 saturated carbocycles. The molecule has 0 saturated heterocycles. The number of methoxy groups -OCH3 is 1. The molecular weight excluding hydrogens is 396 g/mol. The van der Waals surface area contributed by atoms with Crippen molar-refractivity contribution in [2.75, 3.05) is 13.7 Å². The molecule has 4 N–H and O–H groups in total. The summed E-state index contributed by atoms with van der Waals surface area (Å²) in [5, 5.41) is 31.2. The van der Waals surface area contributed by atoms with Crippen molar-refractivity contribution in [3.05, 3.63) is 57.9 Å². The lowest BCUT2D eigenvalue weighted by atomic mass is 9.79. The Morgan fingerprint density at radius 3 is 2.76 bits per heavy atom. The van der Waals surface area contributed by atoms with Crippen molar-refractivity contribution in [2.45, 2.75) is 25.3 Å². The molecule has 0 radical (unpaired) electrons. The number of carboxylic acid groups (broad SMARTS) is 1. The molecule has 0 fully saturated rings. The number of hydrogen-bond acceptors (Lipinski definition) is 4. The number of aromatic nitrogens is 2. The number of fused-ring (bicyclic) bond motifs is 3. The minimum atomic E-state index is -1.05. The van der Waals surface area contributed by atoms with Crippen molar-refractivity contribution >= 4 is 17.6 Å². The van der Waals surface area contributed by atoms with Crippen LogP contribution in [-0.4, -0.2) is 44.6 Å². The van der Waals surface area contributed by atoms with Gasteiger partial charge in [-0.05, 0) is 30.5 Å². The molecule has 1 unspecified atom stereocenters. The maximum atomic E-state index is 11.9. The number of hydrogen-bond donors (Lipinski definition) is 4. The topological polar surface area (TPSA) is 108 Å². The standard InChI is InChI=1S/C21H21ClN2O5/c1-29-8-4-7-24-15-9-12(11-5-2-3-6-14(11)22)17-18(20(26)23-19(17)25)13(15)10-16(24)21(27)28/h2-3,5-6,10,12,23,25-26H,4,7-9H2,1H3,(H,27,28). The Bertz CT molecular complexity index is 1090. The van der Waals surface area contributed by atoms with Crippen molar-refractivity contribution in [3.63, 3.8) is 0 Å². The van der Waals surface area contributed by atoms with E-state index in [0.29, 0.717) is 47.7 Å². The van der Waals surface area contributed by atoms with E-state index in [1.54, 1.807) is 23.8 Å². The van der Waals surface area contributed by atoms with E-state index >= 15 is 0 Å². The first-order valence-corrected chi connectivity index (χ1v) is 9.65. The van der Waals surface area contributed by atoms with Gasteiger partial charge in [-0.15, -0.1) is 0 Å². The number of aromatic carboxylic acids is 1. The van der Waals surface area contributed by atoms with Crippen molar-refractivity contribution in [1.29, 1.82) is 0 Å². The predicted molar refractivity (Wildman–Crippen MR) is 108 cm³/mol. The van der Waals surface area contributed by atoms with Crippen LogP contribution in [0.5, 0.6) is 11.8 Å². The Morgan fingerprint density at radius 2 is 2.07 bits per heavy atom. The summed E-state index contributed by atoms with van der Waals surface area (Å²) in [4.78, 5) is 14.5. The second-order valence-corrected chi connectivity index (χ2v) is 7.49. The van der Waals surface area contributed by atoms with E-state index in [4.69, 9.17) is 16.3 Å². The Balaban J connectivity index is 1.93. The number of ether oxygens (including phenoxy) is 1. The zero-order valence-corrected chi connectivity index (χ0v) is 16.5. The minimum Gasteiger partial charge on any atom is -0.494 e. The quantitative estimate of drug-likeness (QED) is 0.455. The molecule has 0 spiro atoms. The predicted octanol–water partition coefficient (Wildman–Crippen LogP) is 3.97. The van der Waals surface area contributed by atoms with Crippen LogP contribution in [0.25, 0.3) is 11.1 Å². The first kappa shape index (κ1) is 19.4. The van der Waals surface area contributed by atoms with Gasteiger partial charge in [0.15, 0.2) is 11.8 Å². The maximum absolute atomic E-state index is 11.9. The van der Waals surface area contributed by atoms with Gasteiger partial charge in [-0.1, -0.05) is 29.8 Å². The highest BCUT2D eigenvalue weighted by atomic mass is 35.5. The highest BCUT2D eigenvalue weighted by molar-refractivity contribution is 6.31. The highest BCUT2D eigenvalue weighted by Gasteiger charge is 2.37. The molecule has 0 aliphatic heterocycles. The Hall–Kier alpha value is -2.90. The molecule has 0 amide bonds. The van der Waals surface area contributed by atoms with E-state index in [0.717, 1.165) is 11.3 Å². The number of nitrogens with zero attached hydrogens (tertiary/aromatic N) is 1. The van der Waals surface area contributed by atoms with E-state index in [-0.39, 0.29) is 23.4 Å². The van der Waals surface area contributed by atoms with Crippen LogP contribution in [0.3, 0.4) is 0 Å². The molecule has 1 aliphatic carbocycles.